The van der Waals surface area contributed by atoms with Crippen LogP contribution in [-0.4, -0.2) is 62.3 Å². The number of nitrogens with one attached hydrogen (secondary N) is 2. The number of carbonyl (C=O) groups is 2. The van der Waals surface area contributed by atoms with Crippen LogP contribution in [0, 0.1) is 0 Å². The Kier molecular flexibility index (Phi) is 10.5. The van der Waals surface area contributed by atoms with Gasteiger partial charge in [0.1, 0.15) is 6.04 Å². The van der Waals surface area contributed by atoms with Crippen LogP contribution in [0.5, 0.6) is 0 Å². The predicted octanol–water partition coefficient (Wildman–Crippen LogP) is 2.82. The molecule has 1 aromatic carbocycles. The van der Waals surface area contributed by atoms with E-state index in [2.05, 4.69) is 30.6 Å². The molecule has 0 aliphatic carbocycles. The van der Waals surface area contributed by atoms with Crippen LogP contribution < -0.4 is 22.1 Å². The SMILES string of the molecule is CCOP(=O)(CCCC[C@H](NC(=O)c1ccc(NCc2cnc3nc(N)nc(N)c3n2)cc1)C(=O)O)OCC. The lowest BCUT2D eigenvalue weighted by atomic mass is 10.1. The van der Waals surface area contributed by atoms with Crippen molar-refractivity contribution in [3.8, 4) is 0 Å². The van der Waals surface area contributed by atoms with E-state index in [4.69, 9.17) is 20.5 Å². The van der Waals surface area contributed by atoms with Crippen molar-refractivity contribution in [1.29, 1.82) is 0 Å². The Morgan fingerprint density at radius 3 is 2.38 bits per heavy atom. The maximum atomic E-state index is 12.7. The molecule has 0 aliphatic heterocycles. The molecule has 1 atom stereocenters. The first-order valence-electron chi connectivity index (χ1n) is 12.4. The van der Waals surface area contributed by atoms with E-state index in [1.165, 1.54) is 0 Å². The molecule has 14 nitrogen and oxygen atoms in total. The molecule has 210 valence electrons. The monoisotopic (exact) mass is 560 g/mol. The molecular weight excluding hydrogens is 527 g/mol. The van der Waals surface area contributed by atoms with Gasteiger partial charge in [0.15, 0.2) is 17.0 Å². The summed E-state index contributed by atoms with van der Waals surface area (Å²) in [5.41, 5.74) is 13.7. The van der Waals surface area contributed by atoms with Gasteiger partial charge in [0.25, 0.3) is 5.91 Å². The quantitative estimate of drug-likeness (QED) is 0.134. The Bertz CT molecular complexity index is 1330. The summed E-state index contributed by atoms with van der Waals surface area (Å²) >= 11 is 0. The van der Waals surface area contributed by atoms with Gasteiger partial charge in [0, 0.05) is 11.3 Å². The second kappa shape index (κ2) is 13.8. The van der Waals surface area contributed by atoms with Crippen LogP contribution in [0.3, 0.4) is 0 Å². The fourth-order valence-electron chi connectivity index (χ4n) is 3.71. The highest BCUT2D eigenvalue weighted by atomic mass is 31.2. The zero-order valence-electron chi connectivity index (χ0n) is 21.8. The Morgan fingerprint density at radius 1 is 1.05 bits per heavy atom. The molecule has 7 N–H and O–H groups in total. The number of carboxylic acid groups (broad SMARTS) is 1. The van der Waals surface area contributed by atoms with Gasteiger partial charge < -0.3 is 36.3 Å². The first-order chi connectivity index (χ1) is 18.6. The number of nitrogen functional groups attached to an aromatic ring is 2. The molecule has 0 fully saturated rings. The minimum absolute atomic E-state index is 0.0190. The van der Waals surface area contributed by atoms with Gasteiger partial charge in [0.05, 0.1) is 37.8 Å². The van der Waals surface area contributed by atoms with Crippen molar-refractivity contribution in [3.05, 3.63) is 41.7 Å². The third-order valence-corrected chi connectivity index (χ3v) is 7.72. The maximum absolute atomic E-state index is 12.7. The van der Waals surface area contributed by atoms with Crippen molar-refractivity contribution in [2.75, 3.05) is 36.2 Å². The number of aromatic nitrogens is 4. The molecule has 39 heavy (non-hydrogen) atoms. The summed E-state index contributed by atoms with van der Waals surface area (Å²) < 4.78 is 23.0. The van der Waals surface area contributed by atoms with Gasteiger partial charge in [-0.3, -0.25) is 9.36 Å². The zero-order chi connectivity index (χ0) is 28.4. The number of rotatable bonds is 15. The predicted molar refractivity (Wildman–Crippen MR) is 146 cm³/mol. The molecule has 1 amide bonds. The molecule has 0 bridgehead atoms. The standard InChI is InChI=1S/C24H33N8O6P/c1-3-37-39(36,38-4-2)12-6-5-7-18(23(34)35)30-22(33)15-8-10-16(11-9-15)27-13-17-14-28-21-19(29-17)20(25)31-24(26)32-21/h8-11,14,18,27H,3-7,12-13H2,1-2H3,(H,30,33)(H,34,35)(H4,25,26,28,31,32)/t18-/m0/s1. The zero-order valence-corrected chi connectivity index (χ0v) is 22.7. The van der Waals surface area contributed by atoms with Gasteiger partial charge in [0.2, 0.25) is 5.95 Å². The highest BCUT2D eigenvalue weighted by molar-refractivity contribution is 7.53. The summed E-state index contributed by atoms with van der Waals surface area (Å²) in [7, 11) is -3.19. The highest BCUT2D eigenvalue weighted by Crippen LogP contribution is 2.48. The van der Waals surface area contributed by atoms with Crippen LogP contribution in [0.1, 0.15) is 49.2 Å². The number of anilines is 3. The third kappa shape index (κ3) is 8.57. The fraction of sp³-hybridized carbons (Fsp3) is 0.417. The van der Waals surface area contributed by atoms with Crippen molar-refractivity contribution >= 4 is 48.1 Å². The Balaban J connectivity index is 1.52. The van der Waals surface area contributed by atoms with E-state index in [1.54, 1.807) is 44.3 Å². The number of nitrogens with zero attached hydrogens (tertiary/aromatic N) is 4. The average Bonchev–Trinajstić information content (AvgIpc) is 2.89. The number of aliphatic carboxylic acids is 1. The number of carbonyl (C=O) groups excluding carboxylic acids is 1. The fourth-order valence-corrected chi connectivity index (χ4v) is 5.44. The first kappa shape index (κ1) is 29.7. The number of hydrogen-bond donors (Lipinski definition) is 5. The number of fused-ring (bicyclic) bond motifs is 1. The summed E-state index contributed by atoms with van der Waals surface area (Å²) in [6.45, 7) is 4.30. The van der Waals surface area contributed by atoms with Crippen LogP contribution in [0.25, 0.3) is 11.2 Å². The van der Waals surface area contributed by atoms with Crippen molar-refractivity contribution < 1.29 is 28.3 Å². The van der Waals surface area contributed by atoms with Crippen LogP contribution in [-0.2, 0) is 25.0 Å². The number of nitrogens with two attached hydrogens (primary N) is 2. The molecule has 2 aromatic heterocycles. The van der Waals surface area contributed by atoms with Gasteiger partial charge in [-0.25, -0.2) is 14.8 Å². The highest BCUT2D eigenvalue weighted by Gasteiger charge is 2.24. The second-order valence-electron chi connectivity index (χ2n) is 8.46. The third-order valence-electron chi connectivity index (χ3n) is 5.55. The van der Waals surface area contributed by atoms with Crippen LogP contribution in [0.4, 0.5) is 17.5 Å². The molecule has 0 aliphatic rings. The molecule has 0 saturated heterocycles. The Labute approximate surface area is 225 Å². The van der Waals surface area contributed by atoms with Crippen molar-refractivity contribution in [3.63, 3.8) is 0 Å². The van der Waals surface area contributed by atoms with Gasteiger partial charge in [-0.2, -0.15) is 9.97 Å². The molecule has 0 saturated carbocycles. The second-order valence-corrected chi connectivity index (χ2v) is 10.6. The summed E-state index contributed by atoms with van der Waals surface area (Å²) in [6, 6.07) is 5.45. The minimum Gasteiger partial charge on any atom is -0.480 e. The summed E-state index contributed by atoms with van der Waals surface area (Å²) in [4.78, 5) is 40.9. The molecular formula is C24H33N8O6P. The van der Waals surface area contributed by atoms with Crippen molar-refractivity contribution in [2.45, 2.75) is 45.7 Å². The van der Waals surface area contributed by atoms with Crippen molar-refractivity contribution in [1.82, 2.24) is 25.3 Å². The van der Waals surface area contributed by atoms with Gasteiger partial charge in [-0.15, -0.1) is 0 Å². The first-order valence-corrected chi connectivity index (χ1v) is 14.2. The number of hydrogen-bond acceptors (Lipinski definition) is 12. The molecule has 0 radical (unpaired) electrons. The summed E-state index contributed by atoms with van der Waals surface area (Å²) in [5, 5.41) is 15.3. The van der Waals surface area contributed by atoms with Crippen LogP contribution >= 0.6 is 7.60 Å². The van der Waals surface area contributed by atoms with Gasteiger partial charge in [-0.1, -0.05) is 6.42 Å². The van der Waals surface area contributed by atoms with E-state index < -0.39 is 25.5 Å². The Morgan fingerprint density at radius 2 is 1.74 bits per heavy atom. The van der Waals surface area contributed by atoms with E-state index in [-0.39, 0.29) is 37.6 Å². The van der Waals surface area contributed by atoms with E-state index >= 15 is 0 Å². The van der Waals surface area contributed by atoms with Crippen LogP contribution in [0.15, 0.2) is 30.5 Å². The largest absolute Gasteiger partial charge is 0.480 e. The number of amides is 1. The summed E-state index contributed by atoms with van der Waals surface area (Å²) in [6.07, 6.45) is 2.76. The summed E-state index contributed by atoms with van der Waals surface area (Å²) in [5.74, 6) is -1.51. The molecule has 15 heteroatoms. The van der Waals surface area contributed by atoms with E-state index in [1.807, 2.05) is 0 Å². The Hall–Kier alpha value is -3.87. The number of carboxylic acids is 1. The molecule has 3 aromatic rings. The van der Waals surface area contributed by atoms with E-state index in [9.17, 15) is 19.3 Å². The molecule has 0 unspecified atom stereocenters. The smallest absolute Gasteiger partial charge is 0.330 e. The topological polar surface area (TPSA) is 218 Å². The lowest BCUT2D eigenvalue weighted by Crippen LogP contribution is -2.40. The number of unbranched alkanes of at least 4 members (excludes halogenated alkanes) is 1. The van der Waals surface area contributed by atoms with E-state index in [0.717, 1.165) is 0 Å². The van der Waals surface area contributed by atoms with Crippen LogP contribution in [0.2, 0.25) is 0 Å². The minimum atomic E-state index is -3.19. The van der Waals surface area contributed by atoms with Gasteiger partial charge in [-0.05, 0) is 51.0 Å². The molecule has 0 spiro atoms. The average molecular weight is 561 g/mol. The molecule has 2 heterocycles. The van der Waals surface area contributed by atoms with Crippen molar-refractivity contribution in [2.24, 2.45) is 0 Å². The lowest BCUT2D eigenvalue weighted by molar-refractivity contribution is -0.139. The van der Waals surface area contributed by atoms with Gasteiger partial charge >= 0.3 is 13.6 Å². The van der Waals surface area contributed by atoms with E-state index in [0.29, 0.717) is 47.5 Å². The molecule has 3 rings (SSSR count). The lowest BCUT2D eigenvalue weighted by Gasteiger charge is -2.18. The maximum Gasteiger partial charge on any atom is 0.330 e. The number of benzene rings is 1. The normalized spacial score (nSPS) is 12.3.